The van der Waals surface area contributed by atoms with Gasteiger partial charge in [-0.1, -0.05) is 11.6 Å². The number of nitriles is 1. The Morgan fingerprint density at radius 2 is 2.22 bits per heavy atom. The highest BCUT2D eigenvalue weighted by atomic mass is 35.5. The zero-order chi connectivity index (χ0) is 12.8. The van der Waals surface area contributed by atoms with Crippen molar-refractivity contribution in [1.82, 2.24) is 9.97 Å². The summed E-state index contributed by atoms with van der Waals surface area (Å²) >= 11 is 5.92. The minimum atomic E-state index is 0.101. The Kier molecular flexibility index (Phi) is 2.39. The Morgan fingerprint density at radius 1 is 1.44 bits per heavy atom. The van der Waals surface area contributed by atoms with E-state index in [0.717, 1.165) is 23.6 Å². The molecule has 0 unspecified atom stereocenters. The molecule has 1 aliphatic rings. The van der Waals surface area contributed by atoms with Crippen LogP contribution in [0.15, 0.2) is 18.3 Å². The molecule has 2 heterocycles. The molecule has 4 nitrogen and oxygen atoms in total. The van der Waals surface area contributed by atoms with Gasteiger partial charge in [-0.15, -0.1) is 0 Å². The second-order valence-electron chi connectivity index (χ2n) is 4.88. The first kappa shape index (κ1) is 11.2. The van der Waals surface area contributed by atoms with E-state index >= 15 is 0 Å². The van der Waals surface area contributed by atoms with Crippen LogP contribution in [-0.2, 0) is 0 Å². The van der Waals surface area contributed by atoms with Crippen LogP contribution in [0, 0.1) is 11.3 Å². The zero-order valence-corrected chi connectivity index (χ0v) is 10.6. The van der Waals surface area contributed by atoms with Crippen LogP contribution in [-0.4, -0.2) is 15.5 Å². The Morgan fingerprint density at radius 3 is 2.89 bits per heavy atom. The number of rotatable bonds is 2. The van der Waals surface area contributed by atoms with Crippen LogP contribution in [0.4, 0.5) is 5.82 Å². The lowest BCUT2D eigenvalue weighted by Crippen LogP contribution is -2.17. The van der Waals surface area contributed by atoms with E-state index in [0.29, 0.717) is 16.7 Å². The van der Waals surface area contributed by atoms with Gasteiger partial charge in [0, 0.05) is 22.5 Å². The minimum Gasteiger partial charge on any atom is -0.364 e. The highest BCUT2D eigenvalue weighted by molar-refractivity contribution is 6.30. The van der Waals surface area contributed by atoms with Gasteiger partial charge in [0.05, 0.1) is 0 Å². The van der Waals surface area contributed by atoms with Crippen molar-refractivity contribution >= 4 is 28.2 Å². The largest absolute Gasteiger partial charge is 0.364 e. The summed E-state index contributed by atoms with van der Waals surface area (Å²) in [5, 5.41) is 14.6. The average molecular weight is 259 g/mol. The third-order valence-electron chi connectivity index (χ3n) is 3.22. The Balaban J connectivity index is 2.19. The lowest BCUT2D eigenvalue weighted by molar-refractivity contribution is 0.823. The van der Waals surface area contributed by atoms with Crippen LogP contribution in [0.3, 0.4) is 0 Å². The molecule has 18 heavy (non-hydrogen) atoms. The second kappa shape index (κ2) is 3.82. The topological polar surface area (TPSA) is 61.6 Å². The van der Waals surface area contributed by atoms with Gasteiger partial charge in [0.1, 0.15) is 22.7 Å². The lowest BCUT2D eigenvalue weighted by Gasteiger charge is -2.14. The van der Waals surface area contributed by atoms with Crippen LogP contribution in [0.5, 0.6) is 0 Å². The van der Waals surface area contributed by atoms with Crippen molar-refractivity contribution in [2.45, 2.75) is 25.3 Å². The molecule has 0 aromatic carbocycles. The second-order valence-corrected chi connectivity index (χ2v) is 5.27. The maximum absolute atomic E-state index is 9.00. The fraction of sp³-hybridized carbons (Fsp3) is 0.308. The van der Waals surface area contributed by atoms with E-state index in [1.165, 1.54) is 0 Å². The summed E-state index contributed by atoms with van der Waals surface area (Å²) < 4.78 is 0. The van der Waals surface area contributed by atoms with Crippen molar-refractivity contribution < 1.29 is 0 Å². The number of pyridine rings is 2. The molecule has 0 saturated heterocycles. The molecule has 2 aromatic heterocycles. The quantitative estimate of drug-likeness (QED) is 0.841. The molecule has 0 spiro atoms. The third-order valence-corrected chi connectivity index (χ3v) is 3.42. The van der Waals surface area contributed by atoms with E-state index in [9.17, 15) is 0 Å². The molecular weight excluding hydrogens is 248 g/mol. The molecule has 1 aliphatic carbocycles. The number of halogens is 1. The van der Waals surface area contributed by atoms with E-state index in [1.807, 2.05) is 0 Å². The summed E-state index contributed by atoms with van der Waals surface area (Å²) in [7, 11) is 0. The van der Waals surface area contributed by atoms with Gasteiger partial charge < -0.3 is 5.32 Å². The first-order valence-corrected chi connectivity index (χ1v) is 6.12. The molecule has 0 amide bonds. The van der Waals surface area contributed by atoms with Crippen molar-refractivity contribution in [2.24, 2.45) is 0 Å². The summed E-state index contributed by atoms with van der Waals surface area (Å²) in [5.74, 6) is 0.716. The molecule has 0 radical (unpaired) electrons. The van der Waals surface area contributed by atoms with Crippen LogP contribution < -0.4 is 5.32 Å². The van der Waals surface area contributed by atoms with Gasteiger partial charge in [-0.3, -0.25) is 0 Å². The minimum absolute atomic E-state index is 0.101. The fourth-order valence-corrected chi connectivity index (χ4v) is 2.03. The Hall–Kier alpha value is -1.86. The molecule has 1 N–H and O–H groups in total. The standard InChI is InChI=1S/C13H11ClN4/c1-13(2-3-13)18-12-10-5-11(14)16-7-8(10)4-9(6-15)17-12/h4-5,7H,2-3H2,1H3,(H,17,18). The van der Waals surface area contributed by atoms with Crippen molar-refractivity contribution in [2.75, 3.05) is 5.32 Å². The van der Waals surface area contributed by atoms with Crippen LogP contribution in [0.25, 0.3) is 10.8 Å². The van der Waals surface area contributed by atoms with E-state index in [4.69, 9.17) is 16.9 Å². The monoisotopic (exact) mass is 258 g/mol. The molecular formula is C13H11ClN4. The van der Waals surface area contributed by atoms with Gasteiger partial charge in [0.2, 0.25) is 0 Å². The van der Waals surface area contributed by atoms with Crippen molar-refractivity contribution in [1.29, 1.82) is 5.26 Å². The smallest absolute Gasteiger partial charge is 0.143 e. The summed E-state index contributed by atoms with van der Waals surface area (Å²) in [6.07, 6.45) is 3.90. The van der Waals surface area contributed by atoms with E-state index < -0.39 is 0 Å². The highest BCUT2D eigenvalue weighted by Crippen LogP contribution is 2.39. The van der Waals surface area contributed by atoms with Gasteiger partial charge in [-0.2, -0.15) is 5.26 Å². The van der Waals surface area contributed by atoms with E-state index in [1.54, 1.807) is 18.3 Å². The maximum atomic E-state index is 9.00. The molecule has 1 fully saturated rings. The number of nitrogens with zero attached hydrogens (tertiary/aromatic N) is 3. The SMILES string of the molecule is CC1(Nc2nc(C#N)cc3cnc(Cl)cc23)CC1. The van der Waals surface area contributed by atoms with Gasteiger partial charge in [-0.05, 0) is 31.9 Å². The number of fused-ring (bicyclic) bond motifs is 1. The predicted molar refractivity (Wildman–Crippen MR) is 70.5 cm³/mol. The Bertz CT molecular complexity index is 670. The summed E-state index contributed by atoms with van der Waals surface area (Å²) in [6.45, 7) is 2.14. The molecule has 5 heteroatoms. The molecule has 2 aromatic rings. The maximum Gasteiger partial charge on any atom is 0.143 e. The normalized spacial score (nSPS) is 16.3. The van der Waals surface area contributed by atoms with Gasteiger partial charge in [0.15, 0.2) is 0 Å². The number of hydrogen-bond donors (Lipinski definition) is 1. The predicted octanol–water partition coefficient (Wildman–Crippen LogP) is 3.12. The Labute approximate surface area is 110 Å². The van der Waals surface area contributed by atoms with Crippen molar-refractivity contribution in [3.05, 3.63) is 29.2 Å². The van der Waals surface area contributed by atoms with Crippen LogP contribution in [0.2, 0.25) is 5.15 Å². The van der Waals surface area contributed by atoms with Crippen molar-refractivity contribution in [3.63, 3.8) is 0 Å². The van der Waals surface area contributed by atoms with Gasteiger partial charge in [-0.25, -0.2) is 9.97 Å². The fourth-order valence-electron chi connectivity index (χ4n) is 1.87. The lowest BCUT2D eigenvalue weighted by atomic mass is 10.1. The number of anilines is 1. The molecule has 90 valence electrons. The van der Waals surface area contributed by atoms with E-state index in [-0.39, 0.29) is 5.54 Å². The molecule has 3 rings (SSSR count). The molecule has 0 atom stereocenters. The summed E-state index contributed by atoms with van der Waals surface area (Å²) in [5.41, 5.74) is 0.488. The van der Waals surface area contributed by atoms with E-state index in [2.05, 4.69) is 28.3 Å². The third kappa shape index (κ3) is 1.98. The van der Waals surface area contributed by atoms with Gasteiger partial charge >= 0.3 is 0 Å². The molecule has 0 bridgehead atoms. The first-order chi connectivity index (χ1) is 8.59. The number of hydrogen-bond acceptors (Lipinski definition) is 4. The average Bonchev–Trinajstić information content (AvgIpc) is 3.07. The highest BCUT2D eigenvalue weighted by Gasteiger charge is 2.37. The van der Waals surface area contributed by atoms with Gasteiger partial charge in [0.25, 0.3) is 0 Å². The van der Waals surface area contributed by atoms with Crippen LogP contribution in [0.1, 0.15) is 25.5 Å². The molecule has 1 saturated carbocycles. The van der Waals surface area contributed by atoms with Crippen LogP contribution >= 0.6 is 11.6 Å². The molecule has 0 aliphatic heterocycles. The summed E-state index contributed by atoms with van der Waals surface area (Å²) in [6, 6.07) is 5.57. The number of aromatic nitrogens is 2. The number of nitrogens with one attached hydrogen (secondary N) is 1. The zero-order valence-electron chi connectivity index (χ0n) is 9.87. The first-order valence-electron chi connectivity index (χ1n) is 5.74. The van der Waals surface area contributed by atoms with Crippen molar-refractivity contribution in [3.8, 4) is 6.07 Å². The summed E-state index contributed by atoms with van der Waals surface area (Å²) in [4.78, 5) is 8.36.